The van der Waals surface area contributed by atoms with Crippen molar-refractivity contribution < 1.29 is 23.1 Å². The van der Waals surface area contributed by atoms with Gasteiger partial charge >= 0.3 is 5.97 Å². The minimum absolute atomic E-state index is 0.153. The maximum Gasteiger partial charge on any atom is 0.321 e. The average Bonchev–Trinajstić information content (AvgIpc) is 2.20. The SMILES string of the molecule is CC(C)(C)CCS(=O)(=O)N[C@@H](CCC(N)=O)C(=O)O. The summed E-state index contributed by atoms with van der Waals surface area (Å²) in [5.74, 6) is -2.14. The van der Waals surface area contributed by atoms with E-state index in [1.54, 1.807) is 0 Å². The predicted octanol–water partition coefficient (Wildman–Crippen LogP) is 0.0607. The van der Waals surface area contributed by atoms with E-state index in [9.17, 15) is 18.0 Å². The molecule has 0 aromatic heterocycles. The predicted molar refractivity (Wildman–Crippen MR) is 70.8 cm³/mol. The number of carbonyl (C=O) groups is 2. The van der Waals surface area contributed by atoms with Gasteiger partial charge in [0.05, 0.1) is 5.75 Å². The number of sulfonamides is 1. The molecule has 112 valence electrons. The molecular weight excluding hydrogens is 272 g/mol. The topological polar surface area (TPSA) is 127 Å². The highest BCUT2D eigenvalue weighted by Crippen LogP contribution is 2.19. The summed E-state index contributed by atoms with van der Waals surface area (Å²) in [4.78, 5) is 21.5. The molecule has 0 aliphatic rings. The summed E-state index contributed by atoms with van der Waals surface area (Å²) in [6, 6.07) is -1.32. The second-order valence-corrected chi connectivity index (χ2v) is 7.52. The molecule has 0 aromatic rings. The molecule has 0 radical (unpaired) electrons. The summed E-state index contributed by atoms with van der Waals surface area (Å²) >= 11 is 0. The summed E-state index contributed by atoms with van der Waals surface area (Å²) in [5.41, 5.74) is 4.75. The highest BCUT2D eigenvalue weighted by Gasteiger charge is 2.25. The smallest absolute Gasteiger partial charge is 0.321 e. The number of carboxylic acids is 1. The Kier molecular flexibility index (Phi) is 6.44. The van der Waals surface area contributed by atoms with Crippen molar-refractivity contribution in [3.05, 3.63) is 0 Å². The van der Waals surface area contributed by atoms with E-state index in [0.717, 1.165) is 0 Å². The lowest BCUT2D eigenvalue weighted by molar-refractivity contribution is -0.139. The fraction of sp³-hybridized carbons (Fsp3) is 0.818. The standard InChI is InChI=1S/C11H22N2O5S/c1-11(2,3)6-7-19(17,18)13-8(10(15)16)4-5-9(12)14/h8,13H,4-7H2,1-3H3,(H2,12,14)(H,15,16)/t8-/m0/s1. The Balaban J connectivity index is 4.56. The molecule has 7 nitrogen and oxygen atoms in total. The van der Waals surface area contributed by atoms with E-state index in [0.29, 0.717) is 6.42 Å². The molecule has 0 spiro atoms. The summed E-state index contributed by atoms with van der Waals surface area (Å²) in [7, 11) is -3.69. The normalized spacial score (nSPS) is 14.1. The number of nitrogens with one attached hydrogen (secondary N) is 1. The molecule has 0 rings (SSSR count). The third kappa shape index (κ3) is 9.43. The molecule has 4 N–H and O–H groups in total. The number of primary amides is 1. The molecule has 0 bridgehead atoms. The van der Waals surface area contributed by atoms with Gasteiger partial charge in [0.2, 0.25) is 15.9 Å². The van der Waals surface area contributed by atoms with Gasteiger partial charge in [-0.15, -0.1) is 0 Å². The number of carbonyl (C=O) groups excluding carboxylic acids is 1. The number of hydrogen-bond acceptors (Lipinski definition) is 4. The van der Waals surface area contributed by atoms with Crippen LogP contribution in [0.3, 0.4) is 0 Å². The zero-order valence-corrected chi connectivity index (χ0v) is 12.3. The van der Waals surface area contributed by atoms with Crippen molar-refractivity contribution in [2.45, 2.75) is 46.1 Å². The third-order valence-electron chi connectivity index (χ3n) is 2.42. The van der Waals surface area contributed by atoms with Crippen molar-refractivity contribution in [3.8, 4) is 0 Å². The molecule has 19 heavy (non-hydrogen) atoms. The van der Waals surface area contributed by atoms with E-state index >= 15 is 0 Å². The fourth-order valence-electron chi connectivity index (χ4n) is 1.24. The number of hydrogen-bond donors (Lipinski definition) is 3. The van der Waals surface area contributed by atoms with Gasteiger partial charge in [-0.2, -0.15) is 0 Å². The van der Waals surface area contributed by atoms with Crippen LogP contribution in [0.1, 0.15) is 40.0 Å². The first-order chi connectivity index (χ1) is 8.43. The van der Waals surface area contributed by atoms with Gasteiger partial charge in [-0.1, -0.05) is 20.8 Å². The van der Waals surface area contributed by atoms with Crippen molar-refractivity contribution in [1.29, 1.82) is 0 Å². The second-order valence-electron chi connectivity index (χ2n) is 5.64. The van der Waals surface area contributed by atoms with Crippen LogP contribution in [0.5, 0.6) is 0 Å². The number of rotatable bonds is 8. The van der Waals surface area contributed by atoms with Crippen molar-refractivity contribution >= 4 is 21.9 Å². The Morgan fingerprint density at radius 2 is 1.84 bits per heavy atom. The fourth-order valence-corrected chi connectivity index (χ4v) is 2.89. The van der Waals surface area contributed by atoms with Crippen molar-refractivity contribution in [2.24, 2.45) is 11.1 Å². The molecule has 0 aliphatic heterocycles. The van der Waals surface area contributed by atoms with E-state index in [-0.39, 0.29) is 24.0 Å². The Morgan fingerprint density at radius 1 is 1.32 bits per heavy atom. The molecule has 0 saturated heterocycles. The van der Waals surface area contributed by atoms with E-state index < -0.39 is 27.9 Å². The van der Waals surface area contributed by atoms with E-state index in [4.69, 9.17) is 10.8 Å². The zero-order valence-electron chi connectivity index (χ0n) is 11.5. The Labute approximate surface area is 113 Å². The van der Waals surface area contributed by atoms with Crippen molar-refractivity contribution in [1.82, 2.24) is 4.72 Å². The minimum Gasteiger partial charge on any atom is -0.480 e. The van der Waals surface area contributed by atoms with Crippen LogP contribution in [-0.4, -0.2) is 37.2 Å². The first-order valence-electron chi connectivity index (χ1n) is 5.94. The molecular formula is C11H22N2O5S. The lowest BCUT2D eigenvalue weighted by atomic mass is 9.94. The van der Waals surface area contributed by atoms with Gasteiger partial charge < -0.3 is 10.8 Å². The summed E-state index contributed by atoms with van der Waals surface area (Å²) in [6.45, 7) is 5.68. The molecule has 0 fully saturated rings. The van der Waals surface area contributed by atoms with E-state index in [2.05, 4.69) is 4.72 Å². The van der Waals surface area contributed by atoms with Crippen LogP contribution >= 0.6 is 0 Å². The number of aliphatic carboxylic acids is 1. The van der Waals surface area contributed by atoms with E-state index in [1.165, 1.54) is 0 Å². The van der Waals surface area contributed by atoms with Crippen molar-refractivity contribution in [2.75, 3.05) is 5.75 Å². The highest BCUT2D eigenvalue weighted by molar-refractivity contribution is 7.89. The lowest BCUT2D eigenvalue weighted by Crippen LogP contribution is -2.42. The molecule has 0 aromatic carbocycles. The highest BCUT2D eigenvalue weighted by atomic mass is 32.2. The second kappa shape index (κ2) is 6.85. The van der Waals surface area contributed by atoms with Crippen LogP contribution in [0.25, 0.3) is 0 Å². The molecule has 8 heteroatoms. The molecule has 0 aliphatic carbocycles. The minimum atomic E-state index is -3.69. The average molecular weight is 294 g/mol. The summed E-state index contributed by atoms with van der Waals surface area (Å²) < 4.78 is 25.6. The van der Waals surface area contributed by atoms with Gasteiger partial charge in [0.25, 0.3) is 0 Å². The molecule has 1 atom stereocenters. The molecule has 0 heterocycles. The van der Waals surface area contributed by atoms with Gasteiger partial charge in [-0.3, -0.25) is 9.59 Å². The number of carboxylic acid groups (broad SMARTS) is 1. The van der Waals surface area contributed by atoms with Crippen molar-refractivity contribution in [3.63, 3.8) is 0 Å². The van der Waals surface area contributed by atoms with Crippen LogP contribution in [0.4, 0.5) is 0 Å². The number of amides is 1. The Hall–Kier alpha value is -1.15. The Morgan fingerprint density at radius 3 is 2.21 bits per heavy atom. The lowest BCUT2D eigenvalue weighted by Gasteiger charge is -2.19. The third-order valence-corrected chi connectivity index (χ3v) is 3.81. The van der Waals surface area contributed by atoms with Crippen LogP contribution in [0.2, 0.25) is 0 Å². The summed E-state index contributed by atoms with van der Waals surface area (Å²) in [6.07, 6.45) is 0.0721. The first kappa shape index (κ1) is 17.8. The van der Waals surface area contributed by atoms with Gasteiger partial charge in [0, 0.05) is 6.42 Å². The van der Waals surface area contributed by atoms with Gasteiger partial charge in [-0.05, 0) is 18.3 Å². The number of nitrogens with two attached hydrogens (primary N) is 1. The quantitative estimate of drug-likeness (QED) is 0.583. The molecule has 1 amide bonds. The van der Waals surface area contributed by atoms with Crippen LogP contribution in [0.15, 0.2) is 0 Å². The Bertz CT molecular complexity index is 425. The molecule has 0 unspecified atom stereocenters. The van der Waals surface area contributed by atoms with E-state index in [1.807, 2.05) is 20.8 Å². The van der Waals surface area contributed by atoms with Crippen LogP contribution in [-0.2, 0) is 19.6 Å². The zero-order chi connectivity index (χ0) is 15.3. The van der Waals surface area contributed by atoms with Gasteiger partial charge in [-0.25, -0.2) is 13.1 Å². The van der Waals surface area contributed by atoms with Gasteiger partial charge in [0.1, 0.15) is 6.04 Å². The van der Waals surface area contributed by atoms with Crippen LogP contribution < -0.4 is 10.5 Å². The molecule has 0 saturated carbocycles. The first-order valence-corrected chi connectivity index (χ1v) is 7.59. The largest absolute Gasteiger partial charge is 0.480 e. The summed E-state index contributed by atoms with van der Waals surface area (Å²) in [5, 5.41) is 8.90. The maximum atomic E-state index is 11.7. The van der Waals surface area contributed by atoms with Gasteiger partial charge in [0.15, 0.2) is 0 Å². The maximum absolute atomic E-state index is 11.7. The van der Waals surface area contributed by atoms with Crippen LogP contribution in [0, 0.1) is 5.41 Å². The monoisotopic (exact) mass is 294 g/mol.